The number of ether oxygens (including phenoxy) is 2. The van der Waals surface area contributed by atoms with Crippen LogP contribution >= 0.6 is 0 Å². The summed E-state index contributed by atoms with van der Waals surface area (Å²) in [5.74, 6) is -1.28. The molecule has 2 atom stereocenters. The first kappa shape index (κ1) is 18.8. The van der Waals surface area contributed by atoms with E-state index in [2.05, 4.69) is 0 Å². The summed E-state index contributed by atoms with van der Waals surface area (Å²) in [6.45, 7) is 3.26. The lowest BCUT2D eigenvalue weighted by molar-refractivity contribution is -0.144. The molecular formula is C21H21NO5. The lowest BCUT2D eigenvalue weighted by atomic mass is 10.1. The molecule has 0 fully saturated rings. The smallest absolute Gasteiger partial charge is 0.302 e. The molecule has 1 aliphatic rings. The summed E-state index contributed by atoms with van der Waals surface area (Å²) in [6.07, 6.45) is -0.522. The molecule has 2 aromatic carbocycles. The molecule has 1 unspecified atom stereocenters. The highest BCUT2D eigenvalue weighted by atomic mass is 16.5. The number of fused-ring (bicyclic) bond motifs is 1. The normalized spacial score (nSPS) is 15.4. The molecule has 3 rings (SSSR count). The maximum Gasteiger partial charge on any atom is 0.302 e. The van der Waals surface area contributed by atoms with Crippen molar-refractivity contribution in [3.63, 3.8) is 0 Å². The number of carbonyl (C=O) groups is 3. The van der Waals surface area contributed by atoms with Crippen LogP contribution in [-0.2, 0) is 20.9 Å². The standard InChI is InChI=1S/C21H21NO5/c1-14(26-12-16-8-4-3-5-9-16)19(13-27-15(2)23)22-20(24)17-10-6-7-11-18(17)21(22)25/h3-11,14,19H,12-13H2,1-2H3/t14?,19-/m0/s1. The van der Waals surface area contributed by atoms with Gasteiger partial charge in [0.15, 0.2) is 0 Å². The predicted octanol–water partition coefficient (Wildman–Crippen LogP) is 2.82. The van der Waals surface area contributed by atoms with E-state index in [1.807, 2.05) is 30.3 Å². The summed E-state index contributed by atoms with van der Waals surface area (Å²) in [7, 11) is 0. The van der Waals surface area contributed by atoms with Crippen LogP contribution in [0.15, 0.2) is 54.6 Å². The van der Waals surface area contributed by atoms with Gasteiger partial charge >= 0.3 is 5.97 Å². The summed E-state index contributed by atoms with van der Waals surface area (Å²) >= 11 is 0. The van der Waals surface area contributed by atoms with E-state index in [1.165, 1.54) is 6.92 Å². The third-order valence-corrected chi connectivity index (χ3v) is 4.51. The Morgan fingerprint density at radius 1 is 0.963 bits per heavy atom. The number of benzene rings is 2. The summed E-state index contributed by atoms with van der Waals surface area (Å²) < 4.78 is 11.0. The van der Waals surface area contributed by atoms with E-state index in [-0.39, 0.29) is 6.61 Å². The highest BCUT2D eigenvalue weighted by molar-refractivity contribution is 6.21. The first-order valence-corrected chi connectivity index (χ1v) is 8.75. The van der Waals surface area contributed by atoms with Gasteiger partial charge in [0.05, 0.1) is 23.8 Å². The number of esters is 1. The van der Waals surface area contributed by atoms with Crippen LogP contribution in [0.25, 0.3) is 0 Å². The number of hydrogen-bond donors (Lipinski definition) is 0. The van der Waals surface area contributed by atoms with Crippen molar-refractivity contribution >= 4 is 17.8 Å². The van der Waals surface area contributed by atoms with Gasteiger partial charge in [-0.1, -0.05) is 42.5 Å². The Morgan fingerprint density at radius 2 is 1.52 bits per heavy atom. The van der Waals surface area contributed by atoms with Crippen LogP contribution in [0.4, 0.5) is 0 Å². The number of nitrogens with zero attached hydrogens (tertiary/aromatic N) is 1. The molecule has 0 saturated carbocycles. The molecule has 2 amide bonds. The van der Waals surface area contributed by atoms with E-state index in [1.54, 1.807) is 31.2 Å². The number of imide groups is 1. The first-order chi connectivity index (χ1) is 13.0. The second kappa shape index (κ2) is 8.14. The minimum atomic E-state index is -0.718. The number of hydrogen-bond acceptors (Lipinski definition) is 5. The Bertz CT molecular complexity index is 814. The largest absolute Gasteiger partial charge is 0.464 e. The van der Waals surface area contributed by atoms with Gasteiger partial charge < -0.3 is 9.47 Å². The fraction of sp³-hybridized carbons (Fsp3) is 0.286. The van der Waals surface area contributed by atoms with Crippen molar-refractivity contribution in [1.29, 1.82) is 0 Å². The highest BCUT2D eigenvalue weighted by Gasteiger charge is 2.42. The zero-order valence-electron chi connectivity index (χ0n) is 15.3. The average molecular weight is 367 g/mol. The van der Waals surface area contributed by atoms with Crippen LogP contribution in [0.5, 0.6) is 0 Å². The van der Waals surface area contributed by atoms with Gasteiger partial charge in [-0.3, -0.25) is 19.3 Å². The quantitative estimate of drug-likeness (QED) is 0.556. The SMILES string of the molecule is CC(=O)OC[C@@H](C(C)OCc1ccccc1)N1C(=O)c2ccccc2C1=O. The maximum absolute atomic E-state index is 12.8. The molecule has 0 saturated heterocycles. The third-order valence-electron chi connectivity index (χ3n) is 4.51. The van der Waals surface area contributed by atoms with Crippen LogP contribution in [0, 0.1) is 0 Å². The van der Waals surface area contributed by atoms with E-state index in [0.717, 1.165) is 10.5 Å². The number of rotatable bonds is 7. The van der Waals surface area contributed by atoms with E-state index in [4.69, 9.17) is 9.47 Å². The van der Waals surface area contributed by atoms with Gasteiger partial charge in [0.2, 0.25) is 0 Å². The highest BCUT2D eigenvalue weighted by Crippen LogP contribution is 2.26. The van der Waals surface area contributed by atoms with Crippen molar-refractivity contribution in [2.45, 2.75) is 32.6 Å². The minimum absolute atomic E-state index is 0.114. The molecule has 0 bridgehead atoms. The van der Waals surface area contributed by atoms with Gasteiger partial charge in [-0.25, -0.2) is 0 Å². The molecular weight excluding hydrogens is 346 g/mol. The van der Waals surface area contributed by atoms with E-state index >= 15 is 0 Å². The molecule has 0 aromatic heterocycles. The van der Waals surface area contributed by atoms with Crippen molar-refractivity contribution in [1.82, 2.24) is 4.90 Å². The van der Waals surface area contributed by atoms with Crippen LogP contribution in [0.2, 0.25) is 0 Å². The zero-order valence-corrected chi connectivity index (χ0v) is 15.3. The maximum atomic E-state index is 12.8. The molecule has 0 radical (unpaired) electrons. The van der Waals surface area contributed by atoms with E-state index in [9.17, 15) is 14.4 Å². The van der Waals surface area contributed by atoms with Gasteiger partial charge in [-0.15, -0.1) is 0 Å². The fourth-order valence-electron chi connectivity index (χ4n) is 3.04. The molecule has 6 nitrogen and oxygen atoms in total. The Hall–Kier alpha value is -2.99. The lowest BCUT2D eigenvalue weighted by Gasteiger charge is -2.30. The number of amides is 2. The van der Waals surface area contributed by atoms with Crippen LogP contribution in [0.1, 0.15) is 40.1 Å². The molecule has 0 N–H and O–H groups in total. The Kier molecular flexibility index (Phi) is 5.66. The summed E-state index contributed by atoms with van der Waals surface area (Å²) in [4.78, 5) is 38.0. The first-order valence-electron chi connectivity index (χ1n) is 8.75. The van der Waals surface area contributed by atoms with Crippen LogP contribution in [-0.4, -0.2) is 41.4 Å². The van der Waals surface area contributed by atoms with Crippen molar-refractivity contribution < 1.29 is 23.9 Å². The molecule has 6 heteroatoms. The Labute approximate surface area is 157 Å². The average Bonchev–Trinajstić information content (AvgIpc) is 2.92. The minimum Gasteiger partial charge on any atom is -0.464 e. The lowest BCUT2D eigenvalue weighted by Crippen LogP contribution is -2.49. The predicted molar refractivity (Wildman–Crippen MR) is 98.1 cm³/mol. The van der Waals surface area contributed by atoms with Crippen molar-refractivity contribution in [3.8, 4) is 0 Å². The summed E-state index contributed by atoms with van der Waals surface area (Å²) in [6, 6.07) is 15.5. The molecule has 2 aromatic rings. The number of carbonyl (C=O) groups excluding carboxylic acids is 3. The van der Waals surface area contributed by atoms with Gasteiger partial charge in [0.1, 0.15) is 12.6 Å². The Morgan fingerprint density at radius 3 is 2.07 bits per heavy atom. The molecule has 0 aliphatic carbocycles. The molecule has 1 aliphatic heterocycles. The van der Waals surface area contributed by atoms with E-state index in [0.29, 0.717) is 17.7 Å². The molecule has 0 spiro atoms. The van der Waals surface area contributed by atoms with Gasteiger partial charge in [-0.2, -0.15) is 0 Å². The van der Waals surface area contributed by atoms with Gasteiger partial charge in [-0.05, 0) is 24.6 Å². The van der Waals surface area contributed by atoms with Crippen molar-refractivity contribution in [2.24, 2.45) is 0 Å². The molecule has 27 heavy (non-hydrogen) atoms. The Balaban J connectivity index is 1.80. The third kappa shape index (κ3) is 4.06. The topological polar surface area (TPSA) is 72.9 Å². The fourth-order valence-corrected chi connectivity index (χ4v) is 3.04. The summed E-state index contributed by atoms with van der Waals surface area (Å²) in [5.41, 5.74) is 1.68. The zero-order chi connectivity index (χ0) is 19.4. The monoisotopic (exact) mass is 367 g/mol. The van der Waals surface area contributed by atoms with Crippen molar-refractivity contribution in [2.75, 3.05) is 6.61 Å². The molecule has 140 valence electrons. The second-order valence-electron chi connectivity index (χ2n) is 6.40. The summed E-state index contributed by atoms with van der Waals surface area (Å²) in [5, 5.41) is 0. The van der Waals surface area contributed by atoms with Crippen molar-refractivity contribution in [3.05, 3.63) is 71.3 Å². The second-order valence-corrected chi connectivity index (χ2v) is 6.40. The van der Waals surface area contributed by atoms with Gasteiger partial charge in [0.25, 0.3) is 11.8 Å². The van der Waals surface area contributed by atoms with E-state index < -0.39 is 29.9 Å². The van der Waals surface area contributed by atoms with Crippen LogP contribution < -0.4 is 0 Å². The van der Waals surface area contributed by atoms with Gasteiger partial charge in [0, 0.05) is 6.92 Å². The van der Waals surface area contributed by atoms with Crippen LogP contribution in [0.3, 0.4) is 0 Å². The molecule has 1 heterocycles.